The van der Waals surface area contributed by atoms with Crippen LogP contribution in [-0.2, 0) is 47.4 Å². The van der Waals surface area contributed by atoms with Gasteiger partial charge in [-0.25, -0.2) is 0 Å². The Bertz CT molecular complexity index is 549. The standard InChI is InChI=1S/C31H64O11/c1-22(12-32)34-14-24(3)36-16-26(5)38-18-28(7)40-20-30(9)42-21-31(10)41-19-29(8)39-17-27(6)37-15-25(4)35-13-23(2)33-11/h22-32H,12-21H2,1-11H3. The van der Waals surface area contributed by atoms with Crippen LogP contribution in [0.2, 0.25) is 0 Å². The number of aliphatic hydroxyl groups is 1. The van der Waals surface area contributed by atoms with Gasteiger partial charge in [-0.1, -0.05) is 0 Å². The summed E-state index contributed by atoms with van der Waals surface area (Å²) in [5.74, 6) is 0. The number of hydrogen-bond acceptors (Lipinski definition) is 11. The van der Waals surface area contributed by atoms with Crippen molar-refractivity contribution in [1.82, 2.24) is 0 Å². The van der Waals surface area contributed by atoms with Crippen LogP contribution in [0.4, 0.5) is 0 Å². The Morgan fingerprint density at radius 1 is 0.310 bits per heavy atom. The summed E-state index contributed by atoms with van der Waals surface area (Å²) in [6, 6.07) is 0. The quantitative estimate of drug-likeness (QED) is 0.134. The molecule has 0 aliphatic heterocycles. The SMILES string of the molecule is COC(C)COC(C)COC(C)COC(C)COC(C)COC(C)COC(C)COC(C)COC(C)COC(C)CO. The summed E-state index contributed by atoms with van der Waals surface area (Å²) in [5, 5.41) is 9.01. The van der Waals surface area contributed by atoms with E-state index in [4.69, 9.17) is 52.5 Å². The van der Waals surface area contributed by atoms with Crippen molar-refractivity contribution in [2.75, 3.05) is 73.2 Å². The van der Waals surface area contributed by atoms with Crippen molar-refractivity contribution in [3.05, 3.63) is 0 Å². The first kappa shape index (κ1) is 41.6. The van der Waals surface area contributed by atoms with Crippen molar-refractivity contribution in [3.8, 4) is 0 Å². The van der Waals surface area contributed by atoms with Gasteiger partial charge in [0.05, 0.1) is 127 Å². The van der Waals surface area contributed by atoms with Gasteiger partial charge in [-0.05, 0) is 69.2 Å². The van der Waals surface area contributed by atoms with Gasteiger partial charge in [0.15, 0.2) is 0 Å². The summed E-state index contributed by atoms with van der Waals surface area (Å²) in [6.07, 6.45) is -0.582. The van der Waals surface area contributed by atoms with E-state index in [1.54, 1.807) is 7.11 Å². The monoisotopic (exact) mass is 612 g/mol. The Morgan fingerprint density at radius 3 is 0.643 bits per heavy atom. The molecule has 0 aromatic carbocycles. The van der Waals surface area contributed by atoms with Crippen LogP contribution in [0.3, 0.4) is 0 Å². The molecule has 0 aromatic heterocycles. The molecule has 0 bridgehead atoms. The van der Waals surface area contributed by atoms with Crippen LogP contribution in [-0.4, -0.2) is 139 Å². The second-order valence-corrected chi connectivity index (χ2v) is 11.5. The number of aliphatic hydroxyl groups excluding tert-OH is 1. The van der Waals surface area contributed by atoms with Crippen LogP contribution in [0.5, 0.6) is 0 Å². The van der Waals surface area contributed by atoms with Crippen LogP contribution >= 0.6 is 0 Å². The van der Waals surface area contributed by atoms with E-state index >= 15 is 0 Å². The molecule has 0 saturated carbocycles. The Labute approximate surface area is 256 Å². The first-order valence-electron chi connectivity index (χ1n) is 15.5. The second-order valence-electron chi connectivity index (χ2n) is 11.5. The lowest BCUT2D eigenvalue weighted by Crippen LogP contribution is -2.30. The molecule has 11 nitrogen and oxygen atoms in total. The third-order valence-corrected chi connectivity index (χ3v) is 6.20. The van der Waals surface area contributed by atoms with Crippen LogP contribution < -0.4 is 0 Å². The average Bonchev–Trinajstić information content (AvgIpc) is 2.98. The van der Waals surface area contributed by atoms with E-state index in [1.807, 2.05) is 69.2 Å². The topological polar surface area (TPSA) is 113 Å². The minimum absolute atomic E-state index is 0.00109. The van der Waals surface area contributed by atoms with E-state index in [0.29, 0.717) is 59.5 Å². The van der Waals surface area contributed by atoms with E-state index in [0.717, 1.165) is 0 Å². The third kappa shape index (κ3) is 24.9. The second kappa shape index (κ2) is 25.8. The zero-order chi connectivity index (χ0) is 31.9. The summed E-state index contributed by atoms with van der Waals surface area (Å²) >= 11 is 0. The largest absolute Gasteiger partial charge is 0.394 e. The van der Waals surface area contributed by atoms with Crippen LogP contribution in [0, 0.1) is 0 Å². The minimum Gasteiger partial charge on any atom is -0.394 e. The number of methoxy groups -OCH3 is 1. The summed E-state index contributed by atoms with van der Waals surface area (Å²) in [7, 11) is 1.67. The van der Waals surface area contributed by atoms with Crippen molar-refractivity contribution in [3.63, 3.8) is 0 Å². The van der Waals surface area contributed by atoms with Gasteiger partial charge in [-0.15, -0.1) is 0 Å². The normalized spacial score (nSPS) is 19.4. The lowest BCUT2D eigenvalue weighted by atomic mass is 10.3. The Balaban J connectivity index is 3.89. The van der Waals surface area contributed by atoms with E-state index < -0.39 is 0 Å². The highest BCUT2D eigenvalue weighted by Gasteiger charge is 2.15. The maximum atomic E-state index is 9.01. The van der Waals surface area contributed by atoms with E-state index in [-0.39, 0.29) is 67.6 Å². The molecule has 0 aliphatic rings. The zero-order valence-electron chi connectivity index (χ0n) is 28.4. The predicted octanol–water partition coefficient (Wildman–Crippen LogP) is 3.66. The fourth-order valence-electron chi connectivity index (χ4n) is 3.20. The highest BCUT2D eigenvalue weighted by Crippen LogP contribution is 2.06. The maximum Gasteiger partial charge on any atom is 0.0781 e. The summed E-state index contributed by atoms with van der Waals surface area (Å²) in [4.78, 5) is 0. The molecule has 0 heterocycles. The summed E-state index contributed by atoms with van der Waals surface area (Å²) in [6.45, 7) is 23.9. The van der Waals surface area contributed by atoms with Gasteiger partial charge in [-0.2, -0.15) is 0 Å². The molecule has 0 spiro atoms. The highest BCUT2D eigenvalue weighted by molar-refractivity contribution is 4.60. The number of ether oxygens (including phenoxy) is 10. The van der Waals surface area contributed by atoms with Gasteiger partial charge in [0, 0.05) is 7.11 Å². The molecule has 0 rings (SSSR count). The predicted molar refractivity (Wildman–Crippen MR) is 162 cm³/mol. The lowest BCUT2D eigenvalue weighted by molar-refractivity contribution is -0.112. The van der Waals surface area contributed by atoms with Crippen LogP contribution in [0.1, 0.15) is 69.2 Å². The first-order chi connectivity index (χ1) is 19.9. The number of rotatable bonds is 29. The smallest absolute Gasteiger partial charge is 0.0781 e. The fourth-order valence-corrected chi connectivity index (χ4v) is 3.20. The van der Waals surface area contributed by atoms with Crippen molar-refractivity contribution in [1.29, 1.82) is 0 Å². The van der Waals surface area contributed by atoms with Crippen molar-refractivity contribution in [2.24, 2.45) is 0 Å². The Morgan fingerprint density at radius 2 is 0.476 bits per heavy atom. The van der Waals surface area contributed by atoms with E-state index in [2.05, 4.69) is 0 Å². The molecule has 42 heavy (non-hydrogen) atoms. The molecule has 10 unspecified atom stereocenters. The van der Waals surface area contributed by atoms with E-state index in [9.17, 15) is 0 Å². The van der Waals surface area contributed by atoms with Gasteiger partial charge in [-0.3, -0.25) is 0 Å². The van der Waals surface area contributed by atoms with Gasteiger partial charge in [0.1, 0.15) is 0 Å². The molecule has 11 heteroatoms. The highest BCUT2D eigenvalue weighted by atomic mass is 16.6. The molecule has 1 N–H and O–H groups in total. The molecule has 0 aromatic rings. The van der Waals surface area contributed by atoms with Crippen LogP contribution in [0.15, 0.2) is 0 Å². The lowest BCUT2D eigenvalue weighted by Gasteiger charge is -2.23. The van der Waals surface area contributed by atoms with Crippen molar-refractivity contribution < 1.29 is 52.5 Å². The van der Waals surface area contributed by atoms with E-state index in [1.165, 1.54) is 0 Å². The average molecular weight is 613 g/mol. The van der Waals surface area contributed by atoms with Gasteiger partial charge < -0.3 is 52.5 Å². The van der Waals surface area contributed by atoms with Gasteiger partial charge in [0.25, 0.3) is 0 Å². The Kier molecular flexibility index (Phi) is 25.6. The molecular weight excluding hydrogens is 548 g/mol. The van der Waals surface area contributed by atoms with Crippen LogP contribution in [0.25, 0.3) is 0 Å². The minimum atomic E-state index is -0.190. The third-order valence-electron chi connectivity index (χ3n) is 6.20. The van der Waals surface area contributed by atoms with Crippen molar-refractivity contribution in [2.45, 2.75) is 130 Å². The number of hydrogen-bond donors (Lipinski definition) is 1. The molecule has 254 valence electrons. The Hall–Kier alpha value is -0.440. The molecule has 0 fully saturated rings. The molecule has 0 saturated heterocycles. The van der Waals surface area contributed by atoms with Crippen molar-refractivity contribution >= 4 is 0 Å². The molecular formula is C31H64O11. The fraction of sp³-hybridized carbons (Fsp3) is 1.00. The molecule has 0 aliphatic carbocycles. The van der Waals surface area contributed by atoms with Gasteiger partial charge in [0.2, 0.25) is 0 Å². The zero-order valence-corrected chi connectivity index (χ0v) is 28.4. The molecule has 10 atom stereocenters. The van der Waals surface area contributed by atoms with Gasteiger partial charge >= 0.3 is 0 Å². The first-order valence-corrected chi connectivity index (χ1v) is 15.5. The summed E-state index contributed by atoms with van der Waals surface area (Å²) < 4.78 is 57.3. The molecule has 0 amide bonds. The molecule has 0 radical (unpaired) electrons. The summed E-state index contributed by atoms with van der Waals surface area (Å²) in [5.41, 5.74) is 0. The maximum absolute atomic E-state index is 9.01.